The molecule has 1 fully saturated rings. The standard InChI is InChI=1S/C23H28N2O3/c1-15-12-16(2)22(17(3)13-15)25-21(26)14-28-20-11-7-6-10-19(20)23(27)24-18-8-4-5-9-18/h6-7,10-13,18H,4-5,8-9,14H2,1-3H3,(H,24,27)(H,25,26). The summed E-state index contributed by atoms with van der Waals surface area (Å²) in [7, 11) is 0. The largest absolute Gasteiger partial charge is 0.483 e. The molecule has 2 aromatic carbocycles. The first-order chi connectivity index (χ1) is 13.4. The van der Waals surface area contributed by atoms with Crippen LogP contribution in [0.25, 0.3) is 0 Å². The number of rotatable bonds is 6. The summed E-state index contributed by atoms with van der Waals surface area (Å²) in [6.07, 6.45) is 4.35. The van der Waals surface area contributed by atoms with Gasteiger partial charge >= 0.3 is 0 Å². The van der Waals surface area contributed by atoms with Crippen LogP contribution in [0, 0.1) is 20.8 Å². The quantitative estimate of drug-likeness (QED) is 0.785. The lowest BCUT2D eigenvalue weighted by atomic mass is 10.1. The lowest BCUT2D eigenvalue weighted by molar-refractivity contribution is -0.118. The number of benzene rings is 2. The zero-order valence-electron chi connectivity index (χ0n) is 16.8. The summed E-state index contributed by atoms with van der Waals surface area (Å²) >= 11 is 0. The molecule has 0 atom stereocenters. The Hall–Kier alpha value is -2.82. The normalized spacial score (nSPS) is 14.0. The molecule has 5 heteroatoms. The molecule has 5 nitrogen and oxygen atoms in total. The summed E-state index contributed by atoms with van der Waals surface area (Å²) in [6, 6.07) is 11.4. The van der Waals surface area contributed by atoms with Crippen LogP contribution in [0.5, 0.6) is 5.75 Å². The van der Waals surface area contributed by atoms with Gasteiger partial charge in [-0.1, -0.05) is 42.7 Å². The van der Waals surface area contributed by atoms with Crippen molar-refractivity contribution in [1.82, 2.24) is 5.32 Å². The fourth-order valence-corrected chi connectivity index (χ4v) is 3.81. The van der Waals surface area contributed by atoms with Gasteiger partial charge in [-0.3, -0.25) is 9.59 Å². The van der Waals surface area contributed by atoms with E-state index < -0.39 is 0 Å². The molecule has 1 aliphatic carbocycles. The van der Waals surface area contributed by atoms with E-state index in [0.717, 1.165) is 48.1 Å². The molecule has 0 unspecified atom stereocenters. The number of anilines is 1. The fraction of sp³-hybridized carbons (Fsp3) is 0.391. The van der Waals surface area contributed by atoms with Gasteiger partial charge in [0.05, 0.1) is 5.56 Å². The molecule has 0 aliphatic heterocycles. The van der Waals surface area contributed by atoms with E-state index in [1.54, 1.807) is 24.3 Å². The summed E-state index contributed by atoms with van der Waals surface area (Å²) in [5.41, 5.74) is 4.46. The van der Waals surface area contributed by atoms with Crippen LogP contribution in [0.2, 0.25) is 0 Å². The van der Waals surface area contributed by atoms with Crippen molar-refractivity contribution in [2.24, 2.45) is 0 Å². The molecule has 1 aliphatic rings. The minimum Gasteiger partial charge on any atom is -0.483 e. The molecule has 3 rings (SSSR count). The molecule has 0 heterocycles. The molecule has 0 bridgehead atoms. The predicted molar refractivity (Wildman–Crippen MR) is 111 cm³/mol. The van der Waals surface area contributed by atoms with E-state index >= 15 is 0 Å². The highest BCUT2D eigenvalue weighted by Crippen LogP contribution is 2.23. The third kappa shape index (κ3) is 4.91. The molecule has 0 aromatic heterocycles. The van der Waals surface area contributed by atoms with Gasteiger partial charge in [0, 0.05) is 11.7 Å². The molecule has 0 spiro atoms. The first kappa shape index (κ1) is 19.9. The van der Waals surface area contributed by atoms with E-state index in [0.29, 0.717) is 11.3 Å². The zero-order chi connectivity index (χ0) is 20.1. The Morgan fingerprint density at radius 3 is 2.36 bits per heavy atom. The number of nitrogens with one attached hydrogen (secondary N) is 2. The highest BCUT2D eigenvalue weighted by Gasteiger charge is 2.20. The summed E-state index contributed by atoms with van der Waals surface area (Å²) in [4.78, 5) is 25.0. The van der Waals surface area contributed by atoms with Crippen molar-refractivity contribution in [2.45, 2.75) is 52.5 Å². The van der Waals surface area contributed by atoms with Crippen LogP contribution in [0.1, 0.15) is 52.7 Å². The second-order valence-electron chi connectivity index (χ2n) is 7.56. The van der Waals surface area contributed by atoms with E-state index in [1.165, 1.54) is 0 Å². The fourth-order valence-electron chi connectivity index (χ4n) is 3.81. The highest BCUT2D eigenvalue weighted by atomic mass is 16.5. The van der Waals surface area contributed by atoms with Crippen LogP contribution in [-0.4, -0.2) is 24.5 Å². The summed E-state index contributed by atoms with van der Waals surface area (Å²) < 4.78 is 5.69. The summed E-state index contributed by atoms with van der Waals surface area (Å²) in [5.74, 6) is 0.0275. The Morgan fingerprint density at radius 1 is 1.04 bits per heavy atom. The lowest BCUT2D eigenvalue weighted by Gasteiger charge is -2.16. The molecule has 0 radical (unpaired) electrons. The van der Waals surface area contributed by atoms with Crippen molar-refractivity contribution < 1.29 is 14.3 Å². The molecule has 0 saturated heterocycles. The average Bonchev–Trinajstić information content (AvgIpc) is 3.16. The molecule has 148 valence electrons. The van der Waals surface area contributed by atoms with Crippen molar-refractivity contribution in [1.29, 1.82) is 0 Å². The molecule has 1 saturated carbocycles. The van der Waals surface area contributed by atoms with Gasteiger partial charge in [-0.2, -0.15) is 0 Å². The van der Waals surface area contributed by atoms with E-state index in [9.17, 15) is 9.59 Å². The number of amides is 2. The highest BCUT2D eigenvalue weighted by molar-refractivity contribution is 5.97. The van der Waals surface area contributed by atoms with E-state index in [-0.39, 0.29) is 24.5 Å². The lowest BCUT2D eigenvalue weighted by Crippen LogP contribution is -2.33. The molecular weight excluding hydrogens is 352 g/mol. The van der Waals surface area contributed by atoms with Crippen molar-refractivity contribution in [3.8, 4) is 5.75 Å². The van der Waals surface area contributed by atoms with E-state index in [4.69, 9.17) is 4.74 Å². The second-order valence-corrected chi connectivity index (χ2v) is 7.56. The van der Waals surface area contributed by atoms with Gasteiger partial charge in [0.2, 0.25) is 0 Å². The van der Waals surface area contributed by atoms with Crippen LogP contribution in [0.3, 0.4) is 0 Å². The number of aryl methyl sites for hydroxylation is 3. The number of ether oxygens (including phenoxy) is 1. The predicted octanol–water partition coefficient (Wildman–Crippen LogP) is 4.30. The van der Waals surface area contributed by atoms with Gasteiger partial charge in [0.1, 0.15) is 5.75 Å². The van der Waals surface area contributed by atoms with Crippen LogP contribution in [0.15, 0.2) is 36.4 Å². The minimum absolute atomic E-state index is 0.145. The maximum absolute atomic E-state index is 12.6. The molecule has 2 N–H and O–H groups in total. The van der Waals surface area contributed by atoms with Gasteiger partial charge in [-0.25, -0.2) is 0 Å². The Labute approximate surface area is 166 Å². The van der Waals surface area contributed by atoms with Gasteiger partial charge in [-0.05, 0) is 56.9 Å². The van der Waals surface area contributed by atoms with Crippen LogP contribution >= 0.6 is 0 Å². The maximum atomic E-state index is 12.6. The van der Waals surface area contributed by atoms with Crippen LogP contribution in [-0.2, 0) is 4.79 Å². The first-order valence-corrected chi connectivity index (χ1v) is 9.84. The monoisotopic (exact) mass is 380 g/mol. The van der Waals surface area contributed by atoms with Gasteiger partial charge in [0.25, 0.3) is 11.8 Å². The van der Waals surface area contributed by atoms with Gasteiger partial charge in [0.15, 0.2) is 6.61 Å². The third-order valence-corrected chi connectivity index (χ3v) is 5.12. The number of hydrogen-bond donors (Lipinski definition) is 2. The Balaban J connectivity index is 1.63. The Morgan fingerprint density at radius 2 is 1.68 bits per heavy atom. The van der Waals surface area contributed by atoms with E-state index in [1.807, 2.05) is 32.9 Å². The average molecular weight is 380 g/mol. The van der Waals surface area contributed by atoms with Crippen molar-refractivity contribution in [2.75, 3.05) is 11.9 Å². The van der Waals surface area contributed by atoms with Crippen LogP contribution < -0.4 is 15.4 Å². The zero-order valence-corrected chi connectivity index (χ0v) is 16.8. The minimum atomic E-state index is -0.249. The number of carbonyl (C=O) groups excluding carboxylic acids is 2. The molecule has 28 heavy (non-hydrogen) atoms. The number of hydrogen-bond acceptors (Lipinski definition) is 3. The van der Waals surface area contributed by atoms with Gasteiger partial charge in [-0.15, -0.1) is 0 Å². The van der Waals surface area contributed by atoms with Gasteiger partial charge < -0.3 is 15.4 Å². The Kier molecular flexibility index (Phi) is 6.34. The van der Waals surface area contributed by atoms with Crippen molar-refractivity contribution in [3.05, 3.63) is 58.7 Å². The molecule has 2 aromatic rings. The number of carbonyl (C=O) groups is 2. The smallest absolute Gasteiger partial charge is 0.262 e. The maximum Gasteiger partial charge on any atom is 0.262 e. The Bertz CT molecular complexity index is 847. The summed E-state index contributed by atoms with van der Waals surface area (Å²) in [5, 5.41) is 5.98. The van der Waals surface area contributed by atoms with Crippen molar-refractivity contribution in [3.63, 3.8) is 0 Å². The molecule has 2 amide bonds. The topological polar surface area (TPSA) is 67.4 Å². The number of para-hydroxylation sites is 1. The first-order valence-electron chi connectivity index (χ1n) is 9.84. The van der Waals surface area contributed by atoms with E-state index in [2.05, 4.69) is 10.6 Å². The van der Waals surface area contributed by atoms with Crippen LogP contribution in [0.4, 0.5) is 5.69 Å². The second kappa shape index (κ2) is 8.91. The SMILES string of the molecule is Cc1cc(C)c(NC(=O)COc2ccccc2C(=O)NC2CCCC2)c(C)c1. The third-order valence-electron chi connectivity index (χ3n) is 5.12. The molecular formula is C23H28N2O3. The van der Waals surface area contributed by atoms with Crippen molar-refractivity contribution >= 4 is 17.5 Å². The summed E-state index contributed by atoms with van der Waals surface area (Å²) in [6.45, 7) is 5.82.